The van der Waals surface area contributed by atoms with E-state index in [9.17, 15) is 13.2 Å². The maximum Gasteiger partial charge on any atom is 0.416 e. The van der Waals surface area contributed by atoms with Gasteiger partial charge >= 0.3 is 6.18 Å². The molecule has 0 saturated heterocycles. The van der Waals surface area contributed by atoms with E-state index in [1.807, 2.05) is 19.1 Å². The first-order valence-electron chi connectivity index (χ1n) is 6.42. The fraction of sp³-hybridized carbons (Fsp3) is 0.250. The molecule has 2 aromatic rings. The van der Waals surface area contributed by atoms with Crippen LogP contribution in [-0.4, -0.2) is 7.11 Å². The molecule has 0 atom stereocenters. The molecule has 0 aliphatic rings. The van der Waals surface area contributed by atoms with Gasteiger partial charge in [0.2, 0.25) is 0 Å². The van der Waals surface area contributed by atoms with Gasteiger partial charge in [-0.1, -0.05) is 12.1 Å². The Kier molecular flexibility index (Phi) is 4.23. The molecule has 2 N–H and O–H groups in total. The van der Waals surface area contributed by atoms with Gasteiger partial charge in [0.25, 0.3) is 0 Å². The molecule has 2 nitrogen and oxygen atoms in total. The van der Waals surface area contributed by atoms with Gasteiger partial charge in [0, 0.05) is 12.1 Å². The number of rotatable bonds is 3. The van der Waals surface area contributed by atoms with Crippen LogP contribution in [0.3, 0.4) is 0 Å². The summed E-state index contributed by atoms with van der Waals surface area (Å²) in [7, 11) is 1.57. The number of ether oxygens (including phenoxy) is 1. The molecule has 0 aliphatic carbocycles. The largest absolute Gasteiger partial charge is 0.496 e. The van der Waals surface area contributed by atoms with E-state index in [0.29, 0.717) is 17.9 Å². The minimum atomic E-state index is -4.32. The predicted molar refractivity (Wildman–Crippen MR) is 76.1 cm³/mol. The summed E-state index contributed by atoms with van der Waals surface area (Å²) in [5.74, 6) is 0.716. The molecule has 0 aromatic heterocycles. The van der Waals surface area contributed by atoms with E-state index >= 15 is 0 Å². The summed E-state index contributed by atoms with van der Waals surface area (Å²) in [6, 6.07) is 8.80. The number of aryl methyl sites for hydroxylation is 1. The zero-order chi connectivity index (χ0) is 15.6. The van der Waals surface area contributed by atoms with Crippen molar-refractivity contribution in [2.24, 2.45) is 5.73 Å². The third-order valence-corrected chi connectivity index (χ3v) is 3.32. The molecule has 0 saturated carbocycles. The van der Waals surface area contributed by atoms with Crippen LogP contribution >= 0.6 is 0 Å². The lowest BCUT2D eigenvalue weighted by atomic mass is 9.98. The maximum atomic E-state index is 12.6. The minimum absolute atomic E-state index is 0.304. The molecular weight excluding hydrogens is 279 g/mol. The SMILES string of the molecule is COc1c(C)cc(-c2ccc(C(F)(F)F)cc2)cc1CN. The van der Waals surface area contributed by atoms with E-state index in [1.165, 1.54) is 12.1 Å². The van der Waals surface area contributed by atoms with Crippen molar-refractivity contribution in [3.05, 3.63) is 53.1 Å². The molecule has 5 heteroatoms. The van der Waals surface area contributed by atoms with Crippen molar-refractivity contribution in [1.29, 1.82) is 0 Å². The Morgan fingerprint density at radius 1 is 1.05 bits per heavy atom. The maximum absolute atomic E-state index is 12.6. The van der Waals surface area contributed by atoms with Crippen molar-refractivity contribution < 1.29 is 17.9 Å². The molecule has 0 amide bonds. The van der Waals surface area contributed by atoms with Crippen molar-refractivity contribution in [2.45, 2.75) is 19.6 Å². The van der Waals surface area contributed by atoms with Crippen LogP contribution in [0.15, 0.2) is 36.4 Å². The summed E-state index contributed by atoms with van der Waals surface area (Å²) < 4.78 is 43.0. The Morgan fingerprint density at radius 3 is 2.14 bits per heavy atom. The lowest BCUT2D eigenvalue weighted by Crippen LogP contribution is -2.04. The van der Waals surface area contributed by atoms with E-state index in [1.54, 1.807) is 7.11 Å². The van der Waals surface area contributed by atoms with Crippen LogP contribution in [0.4, 0.5) is 13.2 Å². The monoisotopic (exact) mass is 295 g/mol. The Bertz CT molecular complexity index is 633. The van der Waals surface area contributed by atoms with E-state index < -0.39 is 11.7 Å². The zero-order valence-electron chi connectivity index (χ0n) is 11.8. The van der Waals surface area contributed by atoms with Gasteiger partial charge in [0.1, 0.15) is 5.75 Å². The second kappa shape index (κ2) is 5.77. The van der Waals surface area contributed by atoms with Gasteiger partial charge in [-0.05, 0) is 47.9 Å². The minimum Gasteiger partial charge on any atom is -0.496 e. The van der Waals surface area contributed by atoms with Gasteiger partial charge in [0.15, 0.2) is 0 Å². The van der Waals surface area contributed by atoms with Crippen molar-refractivity contribution >= 4 is 0 Å². The van der Waals surface area contributed by atoms with Gasteiger partial charge in [-0.15, -0.1) is 0 Å². The number of benzene rings is 2. The van der Waals surface area contributed by atoms with Crippen LogP contribution in [-0.2, 0) is 12.7 Å². The second-order valence-electron chi connectivity index (χ2n) is 4.76. The van der Waals surface area contributed by atoms with E-state index in [-0.39, 0.29) is 0 Å². The van der Waals surface area contributed by atoms with Gasteiger partial charge in [0.05, 0.1) is 12.7 Å². The lowest BCUT2D eigenvalue weighted by Gasteiger charge is -2.13. The number of methoxy groups -OCH3 is 1. The summed E-state index contributed by atoms with van der Waals surface area (Å²) >= 11 is 0. The molecule has 0 fully saturated rings. The van der Waals surface area contributed by atoms with E-state index in [4.69, 9.17) is 10.5 Å². The van der Waals surface area contributed by atoms with Crippen LogP contribution < -0.4 is 10.5 Å². The number of nitrogens with two attached hydrogens (primary N) is 1. The molecule has 0 radical (unpaired) electrons. The highest BCUT2D eigenvalue weighted by atomic mass is 19.4. The average Bonchev–Trinajstić information content (AvgIpc) is 2.45. The normalized spacial score (nSPS) is 11.5. The molecule has 0 bridgehead atoms. The fourth-order valence-corrected chi connectivity index (χ4v) is 2.31. The predicted octanol–water partition coefficient (Wildman–Crippen LogP) is 4.15. The highest BCUT2D eigenvalue weighted by Crippen LogP contribution is 2.33. The van der Waals surface area contributed by atoms with Gasteiger partial charge in [-0.2, -0.15) is 13.2 Å². The molecular formula is C16H16F3NO. The lowest BCUT2D eigenvalue weighted by molar-refractivity contribution is -0.137. The number of hydrogen-bond acceptors (Lipinski definition) is 2. The van der Waals surface area contributed by atoms with Gasteiger partial charge in [-0.25, -0.2) is 0 Å². The second-order valence-corrected chi connectivity index (χ2v) is 4.76. The van der Waals surface area contributed by atoms with Crippen molar-refractivity contribution in [1.82, 2.24) is 0 Å². The Balaban J connectivity index is 2.45. The van der Waals surface area contributed by atoms with Crippen LogP contribution in [0.25, 0.3) is 11.1 Å². The third kappa shape index (κ3) is 3.19. The number of halogens is 3. The smallest absolute Gasteiger partial charge is 0.416 e. The zero-order valence-corrected chi connectivity index (χ0v) is 11.8. The third-order valence-electron chi connectivity index (χ3n) is 3.32. The average molecular weight is 295 g/mol. The summed E-state index contributed by atoms with van der Waals surface area (Å²) in [5.41, 5.74) is 8.30. The molecule has 2 rings (SSSR count). The van der Waals surface area contributed by atoms with E-state index in [2.05, 4.69) is 0 Å². The first kappa shape index (κ1) is 15.4. The first-order valence-corrected chi connectivity index (χ1v) is 6.42. The fourth-order valence-electron chi connectivity index (χ4n) is 2.31. The standard InChI is InChI=1S/C16H16F3NO/c1-10-7-12(8-13(9-20)15(10)21-2)11-3-5-14(6-4-11)16(17,18)19/h3-8H,9,20H2,1-2H3. The summed E-state index contributed by atoms with van der Waals surface area (Å²) in [6.45, 7) is 2.18. The van der Waals surface area contributed by atoms with Crippen LogP contribution in [0, 0.1) is 6.92 Å². The molecule has 0 heterocycles. The summed E-state index contributed by atoms with van der Waals surface area (Å²) in [5, 5.41) is 0. The quantitative estimate of drug-likeness (QED) is 0.923. The molecule has 112 valence electrons. The van der Waals surface area contributed by atoms with E-state index in [0.717, 1.165) is 28.8 Å². The molecule has 0 spiro atoms. The number of hydrogen-bond donors (Lipinski definition) is 1. The summed E-state index contributed by atoms with van der Waals surface area (Å²) in [6.07, 6.45) is -4.32. The van der Waals surface area contributed by atoms with Gasteiger partial charge in [-0.3, -0.25) is 0 Å². The topological polar surface area (TPSA) is 35.2 Å². The molecule has 2 aromatic carbocycles. The Labute approximate surface area is 121 Å². The highest BCUT2D eigenvalue weighted by molar-refractivity contribution is 5.67. The summed E-state index contributed by atoms with van der Waals surface area (Å²) in [4.78, 5) is 0. The van der Waals surface area contributed by atoms with Crippen LogP contribution in [0.2, 0.25) is 0 Å². The first-order chi connectivity index (χ1) is 9.86. The van der Waals surface area contributed by atoms with Crippen molar-refractivity contribution in [3.63, 3.8) is 0 Å². The Morgan fingerprint density at radius 2 is 1.67 bits per heavy atom. The molecule has 21 heavy (non-hydrogen) atoms. The number of alkyl halides is 3. The van der Waals surface area contributed by atoms with Gasteiger partial charge < -0.3 is 10.5 Å². The molecule has 0 unspecified atom stereocenters. The van der Waals surface area contributed by atoms with Crippen LogP contribution in [0.1, 0.15) is 16.7 Å². The Hall–Kier alpha value is -2.01. The molecule has 0 aliphatic heterocycles. The van der Waals surface area contributed by atoms with Crippen molar-refractivity contribution in [3.8, 4) is 16.9 Å². The highest BCUT2D eigenvalue weighted by Gasteiger charge is 2.29. The van der Waals surface area contributed by atoms with Crippen LogP contribution in [0.5, 0.6) is 5.75 Å². The van der Waals surface area contributed by atoms with Crippen molar-refractivity contribution in [2.75, 3.05) is 7.11 Å².